The van der Waals surface area contributed by atoms with E-state index in [-0.39, 0.29) is 42.3 Å². The molecule has 2 aromatic rings. The van der Waals surface area contributed by atoms with Gasteiger partial charge in [0, 0.05) is 50.6 Å². The van der Waals surface area contributed by atoms with Gasteiger partial charge in [0.15, 0.2) is 5.96 Å². The first kappa shape index (κ1) is 27.9. The quantitative estimate of drug-likeness (QED) is 0.247. The Morgan fingerprint density at radius 1 is 1.28 bits per heavy atom. The standard InChI is InChI=1S/C21H32F2N6O2.HI/c1-6-9-30-17-8-7-15(19(10-17)31-20(22)23)11-25-21(24-2)26-13-18(28(3)4)16-12-27-29(5)14-16;/h7-8,10,12,14,18,20H,6,9,11,13H2,1-5H3,(H2,24,25,26);1H. The van der Waals surface area contributed by atoms with Crippen molar-refractivity contribution < 1.29 is 18.3 Å². The minimum absolute atomic E-state index is 0. The molecule has 2 rings (SSSR count). The third kappa shape index (κ3) is 8.77. The lowest BCUT2D eigenvalue weighted by Gasteiger charge is -2.24. The van der Waals surface area contributed by atoms with E-state index in [2.05, 4.69) is 25.6 Å². The van der Waals surface area contributed by atoms with Crippen LogP contribution in [0.3, 0.4) is 0 Å². The number of hydrogen-bond donors (Lipinski definition) is 2. The molecule has 0 fully saturated rings. The van der Waals surface area contributed by atoms with Gasteiger partial charge in [-0.2, -0.15) is 13.9 Å². The first-order valence-electron chi connectivity index (χ1n) is 10.1. The maximum Gasteiger partial charge on any atom is 0.387 e. The Balaban J connectivity index is 0.00000512. The fourth-order valence-electron chi connectivity index (χ4n) is 3.00. The summed E-state index contributed by atoms with van der Waals surface area (Å²) in [5.41, 5.74) is 1.65. The number of ether oxygens (including phenoxy) is 2. The van der Waals surface area contributed by atoms with E-state index in [4.69, 9.17) is 9.47 Å². The van der Waals surface area contributed by atoms with Crippen molar-refractivity contribution >= 4 is 29.9 Å². The molecule has 0 aliphatic carbocycles. The van der Waals surface area contributed by atoms with Gasteiger partial charge in [-0.05, 0) is 32.6 Å². The number of aryl methyl sites for hydroxylation is 1. The number of halogens is 3. The summed E-state index contributed by atoms with van der Waals surface area (Å²) in [4.78, 5) is 6.31. The average molecular weight is 566 g/mol. The molecular weight excluding hydrogens is 533 g/mol. The summed E-state index contributed by atoms with van der Waals surface area (Å²) in [7, 11) is 7.52. The fraction of sp³-hybridized carbons (Fsp3) is 0.524. The number of benzene rings is 1. The van der Waals surface area contributed by atoms with Crippen LogP contribution in [0, 0.1) is 0 Å². The molecule has 0 saturated carbocycles. The van der Waals surface area contributed by atoms with Gasteiger partial charge in [0.05, 0.1) is 18.8 Å². The largest absolute Gasteiger partial charge is 0.493 e. The van der Waals surface area contributed by atoms with Crippen LogP contribution in [0.2, 0.25) is 0 Å². The molecule has 32 heavy (non-hydrogen) atoms. The third-order valence-corrected chi connectivity index (χ3v) is 4.59. The highest BCUT2D eigenvalue weighted by Gasteiger charge is 2.17. The Kier molecular flexibility index (Phi) is 12.3. The summed E-state index contributed by atoms with van der Waals surface area (Å²) in [5, 5.41) is 10.7. The normalized spacial score (nSPS) is 12.5. The van der Waals surface area contributed by atoms with E-state index < -0.39 is 6.61 Å². The van der Waals surface area contributed by atoms with Crippen LogP contribution in [-0.2, 0) is 13.6 Å². The molecule has 0 aliphatic heterocycles. The molecule has 0 bridgehead atoms. The maximum absolute atomic E-state index is 12.9. The number of alkyl halides is 2. The molecule has 8 nitrogen and oxygen atoms in total. The van der Waals surface area contributed by atoms with Gasteiger partial charge in [-0.3, -0.25) is 9.67 Å². The Labute approximate surface area is 205 Å². The highest BCUT2D eigenvalue weighted by molar-refractivity contribution is 14.0. The Hall–Kier alpha value is -2.15. The first-order valence-corrected chi connectivity index (χ1v) is 10.1. The van der Waals surface area contributed by atoms with Crippen molar-refractivity contribution in [2.45, 2.75) is 32.5 Å². The van der Waals surface area contributed by atoms with Crippen molar-refractivity contribution in [1.82, 2.24) is 25.3 Å². The number of guanidine groups is 1. The zero-order valence-corrected chi connectivity index (χ0v) is 21.5. The maximum atomic E-state index is 12.9. The molecule has 11 heteroatoms. The number of nitrogens with zero attached hydrogens (tertiary/aromatic N) is 4. The van der Waals surface area contributed by atoms with Crippen LogP contribution in [0.15, 0.2) is 35.6 Å². The van der Waals surface area contributed by atoms with Crippen LogP contribution in [0.4, 0.5) is 8.78 Å². The molecular formula is C21H33F2IN6O2. The molecule has 1 aromatic heterocycles. The Morgan fingerprint density at radius 2 is 2.03 bits per heavy atom. The van der Waals surface area contributed by atoms with E-state index in [0.717, 1.165) is 12.0 Å². The van der Waals surface area contributed by atoms with Gasteiger partial charge >= 0.3 is 6.61 Å². The monoisotopic (exact) mass is 566 g/mol. The second-order valence-electron chi connectivity index (χ2n) is 7.23. The van der Waals surface area contributed by atoms with Crippen LogP contribution < -0.4 is 20.1 Å². The molecule has 0 amide bonds. The van der Waals surface area contributed by atoms with Crippen molar-refractivity contribution in [3.63, 3.8) is 0 Å². The van der Waals surface area contributed by atoms with E-state index >= 15 is 0 Å². The van der Waals surface area contributed by atoms with Crippen LogP contribution >= 0.6 is 24.0 Å². The zero-order valence-electron chi connectivity index (χ0n) is 19.1. The van der Waals surface area contributed by atoms with Crippen molar-refractivity contribution in [3.8, 4) is 11.5 Å². The minimum Gasteiger partial charge on any atom is -0.493 e. The van der Waals surface area contributed by atoms with Gasteiger partial charge in [0.2, 0.25) is 0 Å². The van der Waals surface area contributed by atoms with Gasteiger partial charge in [-0.15, -0.1) is 24.0 Å². The van der Waals surface area contributed by atoms with Gasteiger partial charge in [0.1, 0.15) is 11.5 Å². The fourth-order valence-corrected chi connectivity index (χ4v) is 3.00. The molecule has 180 valence electrons. The minimum atomic E-state index is -2.92. The van der Waals surface area contributed by atoms with Crippen LogP contribution in [0.1, 0.15) is 30.5 Å². The third-order valence-electron chi connectivity index (χ3n) is 4.59. The lowest BCUT2D eigenvalue weighted by molar-refractivity contribution is -0.0505. The molecule has 0 saturated heterocycles. The molecule has 0 aliphatic rings. The second kappa shape index (κ2) is 14.1. The van der Waals surface area contributed by atoms with Crippen molar-refractivity contribution in [3.05, 3.63) is 41.7 Å². The number of nitrogens with one attached hydrogen (secondary N) is 2. The Bertz CT molecular complexity index is 847. The average Bonchev–Trinajstić information content (AvgIpc) is 3.15. The molecule has 1 unspecified atom stereocenters. The van der Waals surface area contributed by atoms with Crippen molar-refractivity contribution in [2.24, 2.45) is 12.0 Å². The zero-order chi connectivity index (χ0) is 22.8. The van der Waals surface area contributed by atoms with Crippen LogP contribution in [0.25, 0.3) is 0 Å². The van der Waals surface area contributed by atoms with Gasteiger partial charge < -0.3 is 25.0 Å². The van der Waals surface area contributed by atoms with E-state index in [1.807, 2.05) is 40.5 Å². The van der Waals surface area contributed by atoms with E-state index in [0.29, 0.717) is 30.4 Å². The molecule has 2 N–H and O–H groups in total. The number of rotatable bonds is 11. The molecule has 1 atom stereocenters. The number of aliphatic imine (C=N–C) groups is 1. The van der Waals surface area contributed by atoms with E-state index in [9.17, 15) is 8.78 Å². The summed E-state index contributed by atoms with van der Waals surface area (Å²) in [6.45, 7) is 0.408. The molecule has 0 spiro atoms. The number of aromatic nitrogens is 2. The predicted molar refractivity (Wildman–Crippen MR) is 132 cm³/mol. The first-order chi connectivity index (χ1) is 14.8. The lowest BCUT2D eigenvalue weighted by Crippen LogP contribution is -2.41. The summed E-state index contributed by atoms with van der Waals surface area (Å²) < 4.78 is 37.7. The smallest absolute Gasteiger partial charge is 0.387 e. The Morgan fingerprint density at radius 3 is 2.59 bits per heavy atom. The van der Waals surface area contributed by atoms with Gasteiger partial charge in [-0.1, -0.05) is 6.92 Å². The number of likely N-dealkylation sites (N-methyl/N-ethyl adjacent to an activating group) is 1. The van der Waals surface area contributed by atoms with E-state index in [1.54, 1.807) is 23.9 Å². The SMILES string of the molecule is CCCOc1ccc(CNC(=NC)NCC(c2cnn(C)c2)N(C)C)c(OC(F)F)c1.I. The lowest BCUT2D eigenvalue weighted by atomic mass is 10.1. The second-order valence-corrected chi connectivity index (χ2v) is 7.23. The molecule has 0 radical (unpaired) electrons. The highest BCUT2D eigenvalue weighted by Crippen LogP contribution is 2.26. The predicted octanol–water partition coefficient (Wildman–Crippen LogP) is 3.40. The van der Waals surface area contributed by atoms with E-state index in [1.165, 1.54) is 6.07 Å². The summed E-state index contributed by atoms with van der Waals surface area (Å²) >= 11 is 0. The van der Waals surface area contributed by atoms with Crippen LogP contribution in [-0.4, -0.2) is 61.5 Å². The molecule has 1 heterocycles. The molecule has 1 aromatic carbocycles. The topological polar surface area (TPSA) is 75.9 Å². The van der Waals surface area contributed by atoms with Gasteiger partial charge in [0.25, 0.3) is 0 Å². The van der Waals surface area contributed by atoms with Crippen LogP contribution in [0.5, 0.6) is 11.5 Å². The van der Waals surface area contributed by atoms with Crippen molar-refractivity contribution in [1.29, 1.82) is 0 Å². The summed E-state index contributed by atoms with van der Waals surface area (Å²) in [6.07, 6.45) is 4.63. The highest BCUT2D eigenvalue weighted by atomic mass is 127. The van der Waals surface area contributed by atoms with Gasteiger partial charge in [-0.25, -0.2) is 0 Å². The van der Waals surface area contributed by atoms with Crippen molar-refractivity contribution in [2.75, 3.05) is 34.3 Å². The number of hydrogen-bond acceptors (Lipinski definition) is 5. The summed E-state index contributed by atoms with van der Waals surface area (Å²) in [6, 6.07) is 5.02. The summed E-state index contributed by atoms with van der Waals surface area (Å²) in [5.74, 6) is 1.12.